The van der Waals surface area contributed by atoms with Crippen molar-refractivity contribution in [2.45, 2.75) is 46.0 Å². The molecule has 0 aromatic heterocycles. The Balaban J connectivity index is 1.90. The van der Waals surface area contributed by atoms with Crippen LogP contribution in [0.15, 0.2) is 48.5 Å². The number of anilines is 1. The molecule has 0 aliphatic heterocycles. The molecule has 0 unspecified atom stereocenters. The van der Waals surface area contributed by atoms with Crippen molar-refractivity contribution in [2.24, 2.45) is 0 Å². The first-order valence-electron chi connectivity index (χ1n) is 9.28. The summed E-state index contributed by atoms with van der Waals surface area (Å²) in [6.07, 6.45) is 3.41. The summed E-state index contributed by atoms with van der Waals surface area (Å²) in [7, 11) is -3.01. The third-order valence-electron chi connectivity index (χ3n) is 4.03. The summed E-state index contributed by atoms with van der Waals surface area (Å²) in [6, 6.07) is 15.2. The third-order valence-corrected chi connectivity index (χ3v) is 5.25. The molecule has 2 aromatic carbocycles. The Morgan fingerprint density at radius 3 is 2.15 bits per heavy atom. The second-order valence-electron chi connectivity index (χ2n) is 6.85. The summed E-state index contributed by atoms with van der Waals surface area (Å²) >= 11 is 0. The number of hydrogen-bond acceptors (Lipinski definition) is 3. The molecule has 5 heteroatoms. The van der Waals surface area contributed by atoms with Crippen LogP contribution in [0.1, 0.15) is 51.5 Å². The Labute approximate surface area is 157 Å². The molecule has 4 nitrogen and oxygen atoms in total. The van der Waals surface area contributed by atoms with Gasteiger partial charge in [0.05, 0.1) is 6.61 Å². The Kier molecular flexibility index (Phi) is 7.59. The Morgan fingerprint density at radius 1 is 0.962 bits per heavy atom. The van der Waals surface area contributed by atoms with E-state index in [2.05, 4.69) is 25.9 Å². The molecule has 0 saturated heterocycles. The lowest BCUT2D eigenvalue weighted by atomic mass is 10.0. The van der Waals surface area contributed by atoms with Crippen LogP contribution in [0.4, 0.5) is 5.69 Å². The normalized spacial score (nSPS) is 13.3. The fourth-order valence-electron chi connectivity index (χ4n) is 2.54. The zero-order chi connectivity index (χ0) is 19.0. The summed E-state index contributed by atoms with van der Waals surface area (Å²) in [5.41, 5.74) is 1.97. The number of rotatable bonds is 10. The molecule has 1 N–H and O–H groups in total. The molecule has 0 bridgehead atoms. The van der Waals surface area contributed by atoms with E-state index in [0.717, 1.165) is 24.5 Å². The molecule has 0 heterocycles. The van der Waals surface area contributed by atoms with Gasteiger partial charge in [-0.15, -0.1) is 0 Å². The van der Waals surface area contributed by atoms with E-state index in [0.29, 0.717) is 11.7 Å². The molecular weight excluding hydrogens is 345 g/mol. The van der Waals surface area contributed by atoms with Gasteiger partial charge in [0, 0.05) is 12.4 Å². The predicted octanol–water partition coefficient (Wildman–Crippen LogP) is 6.69. The molecule has 1 atom stereocenters. The van der Waals surface area contributed by atoms with Crippen LogP contribution in [0.25, 0.3) is 0 Å². The van der Waals surface area contributed by atoms with Gasteiger partial charge in [-0.05, 0) is 54.3 Å². The SMILES string of the molecule is CCCCCOc1ccc(N[P@@](C)(=O)Oc2ccc(C(C)C)cc2)cc1. The van der Waals surface area contributed by atoms with Crippen molar-refractivity contribution in [3.8, 4) is 11.5 Å². The second kappa shape index (κ2) is 9.68. The van der Waals surface area contributed by atoms with E-state index < -0.39 is 7.52 Å². The number of nitrogens with one attached hydrogen (secondary N) is 1. The van der Waals surface area contributed by atoms with Crippen molar-refractivity contribution in [3.63, 3.8) is 0 Å². The van der Waals surface area contributed by atoms with Crippen molar-refractivity contribution in [1.29, 1.82) is 0 Å². The number of benzene rings is 2. The van der Waals surface area contributed by atoms with E-state index >= 15 is 0 Å². The van der Waals surface area contributed by atoms with E-state index in [-0.39, 0.29) is 0 Å². The quantitative estimate of drug-likeness (QED) is 0.371. The van der Waals surface area contributed by atoms with Crippen molar-refractivity contribution in [2.75, 3.05) is 18.4 Å². The van der Waals surface area contributed by atoms with Crippen molar-refractivity contribution in [1.82, 2.24) is 0 Å². The maximum atomic E-state index is 12.7. The molecule has 0 aliphatic carbocycles. The first-order chi connectivity index (χ1) is 12.4. The van der Waals surface area contributed by atoms with Crippen LogP contribution >= 0.6 is 7.52 Å². The average molecular weight is 375 g/mol. The van der Waals surface area contributed by atoms with Crippen LogP contribution in [-0.4, -0.2) is 13.3 Å². The molecule has 0 amide bonds. The summed E-state index contributed by atoms with van der Waals surface area (Å²) < 4.78 is 24.1. The highest BCUT2D eigenvalue weighted by Crippen LogP contribution is 2.43. The Bertz CT molecular complexity index is 711. The van der Waals surface area contributed by atoms with Gasteiger partial charge in [0.15, 0.2) is 0 Å². The fourth-order valence-corrected chi connectivity index (χ4v) is 3.73. The smallest absolute Gasteiger partial charge is 0.338 e. The van der Waals surface area contributed by atoms with Crippen LogP contribution < -0.4 is 14.3 Å². The maximum Gasteiger partial charge on any atom is 0.338 e. The van der Waals surface area contributed by atoms with Gasteiger partial charge >= 0.3 is 7.52 Å². The van der Waals surface area contributed by atoms with Crippen molar-refractivity contribution >= 4 is 13.2 Å². The zero-order valence-electron chi connectivity index (χ0n) is 16.2. The number of ether oxygens (including phenoxy) is 1. The molecule has 0 fully saturated rings. The minimum absolute atomic E-state index is 0.457. The van der Waals surface area contributed by atoms with Crippen LogP contribution in [0.3, 0.4) is 0 Å². The second-order valence-corrected chi connectivity index (χ2v) is 8.95. The van der Waals surface area contributed by atoms with E-state index in [4.69, 9.17) is 9.26 Å². The van der Waals surface area contributed by atoms with Crippen LogP contribution in [0.2, 0.25) is 0 Å². The van der Waals surface area contributed by atoms with Gasteiger partial charge < -0.3 is 14.3 Å². The lowest BCUT2D eigenvalue weighted by Crippen LogP contribution is -2.02. The third kappa shape index (κ3) is 6.76. The monoisotopic (exact) mass is 375 g/mol. The first-order valence-corrected chi connectivity index (χ1v) is 11.3. The highest BCUT2D eigenvalue weighted by molar-refractivity contribution is 7.60. The topological polar surface area (TPSA) is 47.6 Å². The predicted molar refractivity (Wildman–Crippen MR) is 110 cm³/mol. The minimum Gasteiger partial charge on any atom is -0.494 e. The fraction of sp³-hybridized carbons (Fsp3) is 0.429. The highest BCUT2D eigenvalue weighted by atomic mass is 31.2. The lowest BCUT2D eigenvalue weighted by molar-refractivity contribution is 0.306. The largest absolute Gasteiger partial charge is 0.494 e. The molecule has 142 valence electrons. The van der Waals surface area contributed by atoms with Gasteiger partial charge in [-0.2, -0.15) is 0 Å². The van der Waals surface area contributed by atoms with Gasteiger partial charge in [0.25, 0.3) is 0 Å². The molecular formula is C21H30NO3P. The van der Waals surface area contributed by atoms with Crippen LogP contribution in [0, 0.1) is 0 Å². The molecule has 2 aromatic rings. The van der Waals surface area contributed by atoms with E-state index in [1.807, 2.05) is 48.5 Å². The molecule has 0 spiro atoms. The van der Waals surface area contributed by atoms with E-state index in [1.165, 1.54) is 18.4 Å². The number of unbranched alkanes of at least 4 members (excludes halogenated alkanes) is 2. The molecule has 0 aliphatic rings. The zero-order valence-corrected chi connectivity index (χ0v) is 17.1. The molecule has 2 rings (SSSR count). The average Bonchev–Trinajstić information content (AvgIpc) is 2.60. The Morgan fingerprint density at radius 2 is 1.58 bits per heavy atom. The van der Waals surface area contributed by atoms with Gasteiger partial charge in [-0.1, -0.05) is 45.7 Å². The van der Waals surface area contributed by atoms with Crippen molar-refractivity contribution in [3.05, 3.63) is 54.1 Å². The number of hydrogen-bond donors (Lipinski definition) is 1. The van der Waals surface area contributed by atoms with Gasteiger partial charge in [0.2, 0.25) is 0 Å². The minimum atomic E-state index is -3.01. The highest BCUT2D eigenvalue weighted by Gasteiger charge is 2.17. The molecule has 0 radical (unpaired) electrons. The van der Waals surface area contributed by atoms with Crippen LogP contribution in [-0.2, 0) is 4.57 Å². The maximum absolute atomic E-state index is 12.7. The molecule has 26 heavy (non-hydrogen) atoms. The Hall–Kier alpha value is -1.93. The van der Waals surface area contributed by atoms with Crippen molar-refractivity contribution < 1.29 is 13.8 Å². The lowest BCUT2D eigenvalue weighted by Gasteiger charge is -2.18. The van der Waals surface area contributed by atoms with Gasteiger partial charge in [-0.25, -0.2) is 0 Å². The first kappa shape index (κ1) is 20.4. The summed E-state index contributed by atoms with van der Waals surface area (Å²) in [5.74, 6) is 1.88. The summed E-state index contributed by atoms with van der Waals surface area (Å²) in [6.45, 7) is 8.75. The summed E-state index contributed by atoms with van der Waals surface area (Å²) in [4.78, 5) is 0. The van der Waals surface area contributed by atoms with Gasteiger partial charge in [-0.3, -0.25) is 4.57 Å². The van der Waals surface area contributed by atoms with E-state index in [9.17, 15) is 4.57 Å². The summed E-state index contributed by atoms with van der Waals surface area (Å²) in [5, 5.41) is 2.99. The molecule has 0 saturated carbocycles. The van der Waals surface area contributed by atoms with Crippen LogP contribution in [0.5, 0.6) is 11.5 Å². The van der Waals surface area contributed by atoms with Gasteiger partial charge in [0.1, 0.15) is 11.5 Å². The van der Waals surface area contributed by atoms with E-state index in [1.54, 1.807) is 6.66 Å². The standard InChI is InChI=1S/C21H30NO3P/c1-5-6-7-16-24-20-14-10-19(11-15-20)22-26(4,23)25-21-12-8-18(9-13-21)17(2)3/h8-15,17H,5-7,16H2,1-4H3,(H,22,23)/t26-/m0/s1.